The molecule has 2 amide bonds. The molecular formula is C29H31ClF2N8O5. The van der Waals surface area contributed by atoms with Crippen molar-refractivity contribution in [1.29, 1.82) is 0 Å². The number of carbonyl (C=O) groups excluding carboxylic acids is 2. The van der Waals surface area contributed by atoms with Crippen LogP contribution in [0.2, 0.25) is 5.02 Å². The Morgan fingerprint density at radius 2 is 2.00 bits per heavy atom. The number of fused-ring (bicyclic) bond motifs is 1. The topological polar surface area (TPSA) is 128 Å². The first-order valence-electron chi connectivity index (χ1n) is 14.4. The van der Waals surface area contributed by atoms with Gasteiger partial charge in [0.25, 0.3) is 5.91 Å². The third kappa shape index (κ3) is 7.06. The average molecular weight is 645 g/mol. The Kier molecular flexibility index (Phi) is 9.21. The first-order valence-corrected chi connectivity index (χ1v) is 14.8. The summed E-state index contributed by atoms with van der Waals surface area (Å²) in [7, 11) is 2.03. The standard InChI is InChI=1S/C29H31ClF2N8O5/c1-37(17-25-43-11-12-44-25)19-5-9-38(10-6-19)24(41)16-39-15-22(35-28(42)21-14-34-40-8-2-7-33-27(21)40)26(36-39)20-13-18(30)3-4-23(20)45-29(31)32/h2-4,7-8,13-15,19,25,29H,5-6,9-12,16-17H2,1H3,(H,35,42). The number of nitrogens with zero attached hydrogens (tertiary/aromatic N) is 7. The highest BCUT2D eigenvalue weighted by Gasteiger charge is 2.29. The maximum absolute atomic E-state index is 13.4. The molecule has 2 fully saturated rings. The SMILES string of the molecule is CN(CC1OCCO1)C1CCN(C(=O)Cn2cc(NC(=O)c3cnn4cccnc34)c(-c3cc(Cl)ccc3OC(F)F)n2)CC1. The summed E-state index contributed by atoms with van der Waals surface area (Å²) in [5, 5.41) is 11.7. The van der Waals surface area contributed by atoms with Crippen LogP contribution >= 0.6 is 11.6 Å². The number of halogens is 3. The van der Waals surface area contributed by atoms with E-state index in [0.717, 1.165) is 12.8 Å². The number of amides is 2. The molecule has 0 spiro atoms. The number of likely N-dealkylation sites (N-methyl/N-ethyl adjacent to an activating group) is 1. The van der Waals surface area contributed by atoms with Crippen LogP contribution < -0.4 is 10.1 Å². The van der Waals surface area contributed by atoms with E-state index in [1.807, 2.05) is 7.05 Å². The van der Waals surface area contributed by atoms with Crippen molar-refractivity contribution in [3.05, 3.63) is 59.6 Å². The fraction of sp³-hybridized carbons (Fsp3) is 0.414. The number of benzene rings is 1. The quantitative estimate of drug-likeness (QED) is 0.276. The van der Waals surface area contributed by atoms with Crippen molar-refractivity contribution in [2.24, 2.45) is 0 Å². The number of hydrogen-bond acceptors (Lipinski definition) is 9. The largest absolute Gasteiger partial charge is 0.434 e. The van der Waals surface area contributed by atoms with Gasteiger partial charge in [0.05, 0.1) is 25.1 Å². The molecule has 0 atom stereocenters. The summed E-state index contributed by atoms with van der Waals surface area (Å²) >= 11 is 6.22. The highest BCUT2D eigenvalue weighted by atomic mass is 35.5. The van der Waals surface area contributed by atoms with Gasteiger partial charge < -0.3 is 24.4 Å². The van der Waals surface area contributed by atoms with E-state index in [-0.39, 0.29) is 58.1 Å². The summed E-state index contributed by atoms with van der Waals surface area (Å²) in [6.45, 7) is -0.284. The second-order valence-electron chi connectivity index (χ2n) is 10.7. The molecule has 2 saturated heterocycles. The Morgan fingerprint density at radius 1 is 1.22 bits per heavy atom. The molecule has 1 N–H and O–H groups in total. The Balaban J connectivity index is 1.21. The smallest absolute Gasteiger partial charge is 0.387 e. The van der Waals surface area contributed by atoms with Gasteiger partial charge in [-0.15, -0.1) is 0 Å². The van der Waals surface area contributed by atoms with Gasteiger partial charge in [-0.25, -0.2) is 9.50 Å². The van der Waals surface area contributed by atoms with Crippen LogP contribution in [0.25, 0.3) is 16.9 Å². The van der Waals surface area contributed by atoms with Crippen LogP contribution in [0.15, 0.2) is 49.1 Å². The van der Waals surface area contributed by atoms with Crippen LogP contribution in [0, 0.1) is 0 Å². The molecule has 13 nitrogen and oxygen atoms in total. The maximum atomic E-state index is 13.4. The molecule has 0 saturated carbocycles. The highest BCUT2D eigenvalue weighted by Crippen LogP contribution is 2.37. The van der Waals surface area contributed by atoms with Gasteiger partial charge in [-0.3, -0.25) is 19.2 Å². The van der Waals surface area contributed by atoms with Crippen LogP contribution in [0.5, 0.6) is 5.75 Å². The molecule has 1 aromatic carbocycles. The van der Waals surface area contributed by atoms with Crippen molar-refractivity contribution in [3.63, 3.8) is 0 Å². The van der Waals surface area contributed by atoms with Crippen molar-refractivity contribution in [2.45, 2.75) is 38.3 Å². The molecule has 2 aliphatic rings. The summed E-state index contributed by atoms with van der Waals surface area (Å²) in [6, 6.07) is 6.06. The monoisotopic (exact) mass is 644 g/mol. The first kappa shape index (κ1) is 30.8. The Hall–Kier alpha value is -4.18. The maximum Gasteiger partial charge on any atom is 0.387 e. The fourth-order valence-corrected chi connectivity index (χ4v) is 5.72. The molecule has 0 unspecified atom stereocenters. The number of alkyl halides is 2. The Bertz CT molecular complexity index is 1670. The van der Waals surface area contributed by atoms with Gasteiger partial charge in [0.1, 0.15) is 23.6 Å². The second kappa shape index (κ2) is 13.4. The predicted molar refractivity (Wildman–Crippen MR) is 158 cm³/mol. The summed E-state index contributed by atoms with van der Waals surface area (Å²) < 4.78 is 45.2. The molecule has 0 bridgehead atoms. The number of nitrogens with one attached hydrogen (secondary N) is 1. The van der Waals surface area contributed by atoms with E-state index < -0.39 is 12.5 Å². The number of rotatable bonds is 10. The first-order chi connectivity index (χ1) is 21.7. The molecule has 2 aliphatic heterocycles. The van der Waals surface area contributed by atoms with E-state index in [1.54, 1.807) is 17.2 Å². The van der Waals surface area contributed by atoms with Crippen LogP contribution in [-0.2, 0) is 20.8 Å². The lowest BCUT2D eigenvalue weighted by atomic mass is 10.0. The summed E-state index contributed by atoms with van der Waals surface area (Å²) in [6.07, 6.45) is 7.35. The molecule has 45 heavy (non-hydrogen) atoms. The third-order valence-electron chi connectivity index (χ3n) is 7.81. The molecule has 0 aliphatic carbocycles. The number of piperidine rings is 1. The third-order valence-corrected chi connectivity index (χ3v) is 8.05. The zero-order chi connectivity index (χ0) is 31.5. The number of hydrogen-bond donors (Lipinski definition) is 1. The zero-order valence-corrected chi connectivity index (χ0v) is 25.1. The Morgan fingerprint density at radius 3 is 2.76 bits per heavy atom. The molecular weight excluding hydrogens is 614 g/mol. The van der Waals surface area contributed by atoms with Crippen LogP contribution in [0.3, 0.4) is 0 Å². The number of ether oxygens (including phenoxy) is 3. The number of aromatic nitrogens is 5. The van der Waals surface area contributed by atoms with Crippen molar-refractivity contribution in [2.75, 3.05) is 45.2 Å². The average Bonchev–Trinajstić information content (AvgIpc) is 3.78. The van der Waals surface area contributed by atoms with E-state index in [2.05, 4.69) is 25.4 Å². The molecule has 16 heteroatoms. The minimum Gasteiger partial charge on any atom is -0.434 e. The Labute approximate surface area is 261 Å². The lowest BCUT2D eigenvalue weighted by molar-refractivity contribution is -0.134. The molecule has 3 aromatic heterocycles. The van der Waals surface area contributed by atoms with E-state index in [0.29, 0.717) is 38.5 Å². The van der Waals surface area contributed by atoms with Gasteiger partial charge in [-0.1, -0.05) is 11.6 Å². The molecule has 6 rings (SSSR count). The molecule has 5 heterocycles. The number of carbonyl (C=O) groups is 2. The highest BCUT2D eigenvalue weighted by molar-refractivity contribution is 6.31. The fourth-order valence-electron chi connectivity index (χ4n) is 5.55. The minimum atomic E-state index is -3.11. The lowest BCUT2D eigenvalue weighted by Gasteiger charge is -2.37. The van der Waals surface area contributed by atoms with E-state index >= 15 is 0 Å². The zero-order valence-electron chi connectivity index (χ0n) is 24.3. The van der Waals surface area contributed by atoms with Crippen LogP contribution in [-0.4, -0.2) is 105 Å². The predicted octanol–water partition coefficient (Wildman–Crippen LogP) is 3.40. The van der Waals surface area contributed by atoms with Gasteiger partial charge in [-0.05, 0) is 44.2 Å². The van der Waals surface area contributed by atoms with E-state index in [4.69, 9.17) is 25.8 Å². The van der Waals surface area contributed by atoms with Gasteiger partial charge in [-0.2, -0.15) is 19.0 Å². The minimum absolute atomic E-state index is 0.0930. The van der Waals surface area contributed by atoms with Crippen LogP contribution in [0.1, 0.15) is 23.2 Å². The van der Waals surface area contributed by atoms with Crippen molar-refractivity contribution in [1.82, 2.24) is 34.2 Å². The molecule has 0 radical (unpaired) electrons. The van der Waals surface area contributed by atoms with Crippen molar-refractivity contribution in [3.8, 4) is 17.0 Å². The van der Waals surface area contributed by atoms with Gasteiger partial charge in [0.2, 0.25) is 5.91 Å². The second-order valence-corrected chi connectivity index (χ2v) is 11.2. The van der Waals surface area contributed by atoms with Gasteiger partial charge in [0.15, 0.2) is 11.9 Å². The van der Waals surface area contributed by atoms with E-state index in [9.17, 15) is 18.4 Å². The molecule has 238 valence electrons. The summed E-state index contributed by atoms with van der Waals surface area (Å²) in [4.78, 5) is 34.9. The van der Waals surface area contributed by atoms with Gasteiger partial charge in [0, 0.05) is 54.9 Å². The summed E-state index contributed by atoms with van der Waals surface area (Å²) in [5.41, 5.74) is 0.860. The van der Waals surface area contributed by atoms with Crippen LogP contribution in [0.4, 0.5) is 14.5 Å². The lowest BCUT2D eigenvalue weighted by Crippen LogP contribution is -2.48. The normalized spacial score (nSPS) is 16.3. The van der Waals surface area contributed by atoms with Gasteiger partial charge >= 0.3 is 6.61 Å². The molecule has 4 aromatic rings. The summed E-state index contributed by atoms with van der Waals surface area (Å²) in [5.74, 6) is -0.931. The number of likely N-dealkylation sites (tertiary alicyclic amines) is 1. The van der Waals surface area contributed by atoms with Crippen molar-refractivity contribution >= 4 is 34.7 Å². The number of anilines is 1. The van der Waals surface area contributed by atoms with E-state index in [1.165, 1.54) is 46.0 Å². The van der Waals surface area contributed by atoms with Crippen molar-refractivity contribution < 1.29 is 32.6 Å².